The van der Waals surface area contributed by atoms with E-state index in [1.165, 1.54) is 12.1 Å². The molecule has 3 nitrogen and oxygen atoms in total. The van der Waals surface area contributed by atoms with Crippen molar-refractivity contribution in [2.45, 2.75) is 40.2 Å². The highest BCUT2D eigenvalue weighted by atomic mass is 19.1. The van der Waals surface area contributed by atoms with Gasteiger partial charge in [0.05, 0.1) is 0 Å². The Morgan fingerprint density at radius 3 is 2.43 bits per heavy atom. The SMILES string of the molecule is CC1CC(NC(=O)C(C)(C)C)CN(c2ccc(F)cc2)C1. The van der Waals surface area contributed by atoms with E-state index < -0.39 is 0 Å². The number of carbonyl (C=O) groups excluding carboxylic acids is 1. The average molecular weight is 292 g/mol. The highest BCUT2D eigenvalue weighted by Crippen LogP contribution is 2.24. The van der Waals surface area contributed by atoms with E-state index in [-0.39, 0.29) is 23.2 Å². The zero-order valence-electron chi connectivity index (χ0n) is 13.3. The minimum absolute atomic E-state index is 0.0839. The van der Waals surface area contributed by atoms with Crippen LogP contribution in [-0.2, 0) is 4.79 Å². The lowest BCUT2D eigenvalue weighted by Crippen LogP contribution is -2.52. The molecule has 1 amide bonds. The number of carbonyl (C=O) groups is 1. The number of piperidine rings is 1. The summed E-state index contributed by atoms with van der Waals surface area (Å²) in [6, 6.07) is 6.71. The first kappa shape index (κ1) is 15.8. The molecule has 1 saturated heterocycles. The normalized spacial score (nSPS) is 23.0. The zero-order chi connectivity index (χ0) is 15.6. The summed E-state index contributed by atoms with van der Waals surface area (Å²) in [6.07, 6.45) is 0.986. The molecule has 0 aliphatic carbocycles. The molecule has 0 aromatic heterocycles. The van der Waals surface area contributed by atoms with Crippen molar-refractivity contribution >= 4 is 11.6 Å². The standard InChI is InChI=1S/C17H25FN2O/c1-12-9-14(19-16(21)17(2,3)4)11-20(10-12)15-7-5-13(18)6-8-15/h5-8,12,14H,9-11H2,1-4H3,(H,19,21). The molecule has 1 fully saturated rings. The highest BCUT2D eigenvalue weighted by Gasteiger charge is 2.29. The highest BCUT2D eigenvalue weighted by molar-refractivity contribution is 5.81. The lowest BCUT2D eigenvalue weighted by molar-refractivity contribution is -0.129. The van der Waals surface area contributed by atoms with Crippen LogP contribution in [0.5, 0.6) is 0 Å². The minimum atomic E-state index is -0.374. The van der Waals surface area contributed by atoms with Crippen molar-refractivity contribution in [3.8, 4) is 0 Å². The molecule has 0 spiro atoms. The number of anilines is 1. The van der Waals surface area contributed by atoms with Crippen molar-refractivity contribution in [1.82, 2.24) is 5.32 Å². The van der Waals surface area contributed by atoms with Gasteiger partial charge in [-0.15, -0.1) is 0 Å². The maximum absolute atomic E-state index is 13.0. The Morgan fingerprint density at radius 2 is 1.86 bits per heavy atom. The van der Waals surface area contributed by atoms with Crippen LogP contribution < -0.4 is 10.2 Å². The number of amides is 1. The van der Waals surface area contributed by atoms with Crippen LogP contribution in [0.4, 0.5) is 10.1 Å². The molecule has 1 aliphatic heterocycles. The number of benzene rings is 1. The van der Waals surface area contributed by atoms with Gasteiger partial charge in [0.1, 0.15) is 5.82 Å². The lowest BCUT2D eigenvalue weighted by atomic mass is 9.92. The van der Waals surface area contributed by atoms with Gasteiger partial charge in [-0.05, 0) is 36.6 Å². The van der Waals surface area contributed by atoms with E-state index in [4.69, 9.17) is 0 Å². The van der Waals surface area contributed by atoms with Crippen LogP contribution in [0, 0.1) is 17.2 Å². The molecule has 4 heteroatoms. The van der Waals surface area contributed by atoms with Gasteiger partial charge in [-0.25, -0.2) is 4.39 Å². The number of nitrogens with zero attached hydrogens (tertiary/aromatic N) is 1. The molecule has 2 unspecified atom stereocenters. The Bertz CT molecular complexity index is 493. The fourth-order valence-electron chi connectivity index (χ4n) is 2.72. The molecule has 1 aromatic carbocycles. The van der Waals surface area contributed by atoms with Gasteiger partial charge in [0.15, 0.2) is 0 Å². The van der Waals surface area contributed by atoms with Gasteiger partial charge in [-0.3, -0.25) is 4.79 Å². The third-order valence-corrected chi connectivity index (χ3v) is 3.87. The first-order valence-corrected chi connectivity index (χ1v) is 7.57. The van der Waals surface area contributed by atoms with Crippen molar-refractivity contribution < 1.29 is 9.18 Å². The Kier molecular flexibility index (Phi) is 4.55. The third kappa shape index (κ3) is 4.19. The van der Waals surface area contributed by atoms with Crippen molar-refractivity contribution in [3.63, 3.8) is 0 Å². The maximum atomic E-state index is 13.0. The van der Waals surface area contributed by atoms with Crippen molar-refractivity contribution in [3.05, 3.63) is 30.1 Å². The summed E-state index contributed by atoms with van der Waals surface area (Å²) in [5.41, 5.74) is 0.638. The number of halogens is 1. The maximum Gasteiger partial charge on any atom is 0.225 e. The van der Waals surface area contributed by atoms with Crippen LogP contribution in [0.2, 0.25) is 0 Å². The molecular formula is C17H25FN2O. The summed E-state index contributed by atoms with van der Waals surface area (Å²) < 4.78 is 13.0. The lowest BCUT2D eigenvalue weighted by Gasteiger charge is -2.39. The third-order valence-electron chi connectivity index (χ3n) is 3.87. The summed E-state index contributed by atoms with van der Waals surface area (Å²) >= 11 is 0. The molecule has 1 aliphatic rings. The van der Waals surface area contributed by atoms with Gasteiger partial charge in [0, 0.05) is 30.2 Å². The van der Waals surface area contributed by atoms with E-state index in [1.807, 2.05) is 20.8 Å². The molecule has 1 aromatic rings. The molecule has 21 heavy (non-hydrogen) atoms. The second kappa shape index (κ2) is 6.04. The first-order chi connectivity index (χ1) is 9.75. The molecule has 0 bridgehead atoms. The quantitative estimate of drug-likeness (QED) is 0.908. The van der Waals surface area contributed by atoms with Crippen molar-refractivity contribution in [1.29, 1.82) is 0 Å². The van der Waals surface area contributed by atoms with Gasteiger partial charge in [-0.2, -0.15) is 0 Å². The Labute approximate surface area is 126 Å². The van der Waals surface area contributed by atoms with Gasteiger partial charge in [0.25, 0.3) is 0 Å². The molecule has 0 saturated carbocycles. The van der Waals surface area contributed by atoms with Crippen LogP contribution in [0.3, 0.4) is 0 Å². The van der Waals surface area contributed by atoms with E-state index in [0.717, 1.165) is 25.2 Å². The molecule has 0 radical (unpaired) electrons. The first-order valence-electron chi connectivity index (χ1n) is 7.57. The topological polar surface area (TPSA) is 32.3 Å². The monoisotopic (exact) mass is 292 g/mol. The Hall–Kier alpha value is -1.58. The summed E-state index contributed by atoms with van der Waals surface area (Å²) in [5, 5.41) is 3.15. The number of hydrogen-bond acceptors (Lipinski definition) is 2. The zero-order valence-corrected chi connectivity index (χ0v) is 13.3. The molecule has 116 valence electrons. The van der Waals surface area contributed by atoms with Crippen molar-refractivity contribution in [2.24, 2.45) is 11.3 Å². The van der Waals surface area contributed by atoms with E-state index in [0.29, 0.717) is 5.92 Å². The fourth-order valence-corrected chi connectivity index (χ4v) is 2.72. The Morgan fingerprint density at radius 1 is 1.24 bits per heavy atom. The molecular weight excluding hydrogens is 267 g/mol. The average Bonchev–Trinajstić information content (AvgIpc) is 2.37. The summed E-state index contributed by atoms with van der Waals surface area (Å²) in [6.45, 7) is 9.67. The minimum Gasteiger partial charge on any atom is -0.369 e. The number of nitrogens with one attached hydrogen (secondary N) is 1. The van der Waals surface area contributed by atoms with Gasteiger partial charge in [-0.1, -0.05) is 27.7 Å². The molecule has 2 atom stereocenters. The number of rotatable bonds is 2. The van der Waals surface area contributed by atoms with Crippen LogP contribution >= 0.6 is 0 Å². The van der Waals surface area contributed by atoms with Crippen LogP contribution in [0.1, 0.15) is 34.1 Å². The summed E-state index contributed by atoms with van der Waals surface area (Å²) in [4.78, 5) is 14.4. The molecule has 1 N–H and O–H groups in total. The van der Waals surface area contributed by atoms with E-state index >= 15 is 0 Å². The second-order valence-corrected chi connectivity index (χ2v) is 7.14. The van der Waals surface area contributed by atoms with E-state index in [2.05, 4.69) is 17.1 Å². The number of hydrogen-bond donors (Lipinski definition) is 1. The Balaban J connectivity index is 2.05. The predicted molar refractivity (Wildman–Crippen MR) is 83.8 cm³/mol. The summed E-state index contributed by atoms with van der Waals surface area (Å²) in [7, 11) is 0. The van der Waals surface area contributed by atoms with E-state index in [1.54, 1.807) is 12.1 Å². The van der Waals surface area contributed by atoms with Crippen LogP contribution in [0.25, 0.3) is 0 Å². The van der Waals surface area contributed by atoms with Crippen LogP contribution in [0.15, 0.2) is 24.3 Å². The summed E-state index contributed by atoms with van der Waals surface area (Å²) in [5.74, 6) is 0.358. The molecule has 2 rings (SSSR count). The predicted octanol–water partition coefficient (Wildman–Crippen LogP) is 3.20. The van der Waals surface area contributed by atoms with Gasteiger partial charge < -0.3 is 10.2 Å². The second-order valence-electron chi connectivity index (χ2n) is 7.14. The van der Waals surface area contributed by atoms with Gasteiger partial charge in [0.2, 0.25) is 5.91 Å². The molecule has 1 heterocycles. The largest absolute Gasteiger partial charge is 0.369 e. The van der Waals surface area contributed by atoms with Gasteiger partial charge >= 0.3 is 0 Å². The van der Waals surface area contributed by atoms with E-state index in [9.17, 15) is 9.18 Å². The van der Waals surface area contributed by atoms with Crippen LogP contribution in [-0.4, -0.2) is 25.0 Å². The fraction of sp³-hybridized carbons (Fsp3) is 0.588. The van der Waals surface area contributed by atoms with Crippen molar-refractivity contribution in [2.75, 3.05) is 18.0 Å². The smallest absolute Gasteiger partial charge is 0.225 e.